The number of benzene rings is 2. The van der Waals surface area contributed by atoms with Gasteiger partial charge in [0.1, 0.15) is 0 Å². The molecule has 0 spiro atoms. The molecule has 0 bridgehead atoms. The first kappa shape index (κ1) is 16.0. The van der Waals surface area contributed by atoms with Crippen molar-refractivity contribution >= 4 is 5.57 Å². The van der Waals surface area contributed by atoms with Crippen LogP contribution in [0.3, 0.4) is 0 Å². The van der Waals surface area contributed by atoms with Crippen LogP contribution in [0.2, 0.25) is 0 Å². The van der Waals surface area contributed by atoms with Gasteiger partial charge in [-0.15, -0.1) is 0 Å². The Kier molecular flexibility index (Phi) is 5.16. The summed E-state index contributed by atoms with van der Waals surface area (Å²) in [5, 5.41) is 0. The Morgan fingerprint density at radius 3 is 2.14 bits per heavy atom. The van der Waals surface area contributed by atoms with Crippen molar-refractivity contribution in [1.29, 1.82) is 0 Å². The minimum atomic E-state index is 1.20. The lowest BCUT2D eigenvalue weighted by Gasteiger charge is -2.12. The van der Waals surface area contributed by atoms with Gasteiger partial charge in [0.2, 0.25) is 0 Å². The van der Waals surface area contributed by atoms with E-state index < -0.39 is 0 Å². The maximum Gasteiger partial charge on any atom is -0.0152 e. The molecule has 0 nitrogen and oxygen atoms in total. The number of hydrogen-bond acceptors (Lipinski definition) is 0. The molecular formula is C22H24. The summed E-state index contributed by atoms with van der Waals surface area (Å²) in [6, 6.07) is 15.4. The molecule has 0 fully saturated rings. The highest BCUT2D eigenvalue weighted by Crippen LogP contribution is 2.29. The summed E-state index contributed by atoms with van der Waals surface area (Å²) in [5.41, 5.74) is 8.81. The highest BCUT2D eigenvalue weighted by atomic mass is 14.1. The number of allylic oxidation sites excluding steroid dienone is 5. The third-order valence-electron chi connectivity index (χ3n) is 3.97. The maximum atomic E-state index is 3.90. The average molecular weight is 288 g/mol. The molecule has 0 atom stereocenters. The molecule has 112 valence electrons. The van der Waals surface area contributed by atoms with E-state index in [2.05, 4.69) is 82.0 Å². The monoisotopic (exact) mass is 288 g/mol. The van der Waals surface area contributed by atoms with Gasteiger partial charge in [0, 0.05) is 0 Å². The molecule has 0 aliphatic carbocycles. The van der Waals surface area contributed by atoms with Crippen molar-refractivity contribution in [2.24, 2.45) is 0 Å². The van der Waals surface area contributed by atoms with Crippen molar-refractivity contribution in [3.05, 3.63) is 89.5 Å². The SMILES string of the molecule is C=C/C(C)=C(\C=C/C)c1ccc(-c2ccc(C)cc2)cc1C. The van der Waals surface area contributed by atoms with E-state index in [1.165, 1.54) is 39.0 Å². The van der Waals surface area contributed by atoms with Crippen LogP contribution < -0.4 is 0 Å². The molecule has 2 aromatic rings. The van der Waals surface area contributed by atoms with E-state index >= 15 is 0 Å². The summed E-state index contributed by atoms with van der Waals surface area (Å²) < 4.78 is 0. The fraction of sp³-hybridized carbons (Fsp3) is 0.182. The van der Waals surface area contributed by atoms with Crippen molar-refractivity contribution in [3.8, 4) is 11.1 Å². The van der Waals surface area contributed by atoms with Crippen molar-refractivity contribution in [2.75, 3.05) is 0 Å². The average Bonchev–Trinajstić information content (AvgIpc) is 2.53. The van der Waals surface area contributed by atoms with E-state index in [1.54, 1.807) is 0 Å². The van der Waals surface area contributed by atoms with Gasteiger partial charge in [-0.25, -0.2) is 0 Å². The molecule has 0 amide bonds. The highest BCUT2D eigenvalue weighted by molar-refractivity contribution is 5.81. The summed E-state index contributed by atoms with van der Waals surface area (Å²) in [6.45, 7) is 12.3. The van der Waals surface area contributed by atoms with Crippen molar-refractivity contribution in [2.45, 2.75) is 27.7 Å². The topological polar surface area (TPSA) is 0 Å². The Labute approximate surface area is 134 Å². The Hall–Kier alpha value is -2.34. The van der Waals surface area contributed by atoms with E-state index in [4.69, 9.17) is 0 Å². The smallest absolute Gasteiger partial charge is 0.0152 e. The van der Waals surface area contributed by atoms with Crippen LogP contribution in [0.1, 0.15) is 30.5 Å². The third kappa shape index (κ3) is 3.46. The first-order chi connectivity index (χ1) is 10.6. The second kappa shape index (κ2) is 7.09. The molecule has 0 heteroatoms. The summed E-state index contributed by atoms with van der Waals surface area (Å²) in [5.74, 6) is 0. The zero-order chi connectivity index (χ0) is 16.1. The van der Waals surface area contributed by atoms with Crippen LogP contribution in [0.5, 0.6) is 0 Å². The fourth-order valence-electron chi connectivity index (χ4n) is 2.60. The molecule has 22 heavy (non-hydrogen) atoms. The van der Waals surface area contributed by atoms with Crippen molar-refractivity contribution in [1.82, 2.24) is 0 Å². The number of aryl methyl sites for hydroxylation is 2. The van der Waals surface area contributed by atoms with Gasteiger partial charge in [-0.2, -0.15) is 0 Å². The standard InChI is InChI=1S/C22H24/c1-6-8-21(17(4)7-2)22-14-13-20(15-18(22)5)19-11-9-16(3)10-12-19/h6-15H,2H2,1,3-5H3/b8-6-,21-17+. The minimum Gasteiger partial charge on any atom is -0.0988 e. The van der Waals surface area contributed by atoms with Crippen LogP contribution in [0.25, 0.3) is 16.7 Å². The van der Waals surface area contributed by atoms with Gasteiger partial charge in [0.25, 0.3) is 0 Å². The third-order valence-corrected chi connectivity index (χ3v) is 3.97. The van der Waals surface area contributed by atoms with Crippen LogP contribution in [0.15, 0.2) is 72.8 Å². The molecule has 2 aromatic carbocycles. The summed E-state index contributed by atoms with van der Waals surface area (Å²) in [4.78, 5) is 0. The molecule has 0 aliphatic rings. The van der Waals surface area contributed by atoms with E-state index in [1.807, 2.05) is 13.0 Å². The largest absolute Gasteiger partial charge is 0.0988 e. The number of rotatable bonds is 4. The molecule has 0 unspecified atom stereocenters. The lowest BCUT2D eigenvalue weighted by atomic mass is 9.93. The Morgan fingerprint density at radius 2 is 1.59 bits per heavy atom. The second-order valence-corrected chi connectivity index (χ2v) is 5.70. The van der Waals surface area contributed by atoms with Gasteiger partial charge in [-0.3, -0.25) is 0 Å². The summed E-state index contributed by atoms with van der Waals surface area (Å²) in [6.07, 6.45) is 6.16. The van der Waals surface area contributed by atoms with Gasteiger partial charge in [-0.05, 0) is 61.1 Å². The van der Waals surface area contributed by atoms with Crippen LogP contribution in [0, 0.1) is 13.8 Å². The molecule has 0 saturated carbocycles. The summed E-state index contributed by atoms with van der Waals surface area (Å²) in [7, 11) is 0. The van der Waals surface area contributed by atoms with Crippen LogP contribution in [0.4, 0.5) is 0 Å². The summed E-state index contributed by atoms with van der Waals surface area (Å²) >= 11 is 0. The fourth-order valence-corrected chi connectivity index (χ4v) is 2.60. The molecule has 0 N–H and O–H groups in total. The van der Waals surface area contributed by atoms with Crippen molar-refractivity contribution < 1.29 is 0 Å². The Balaban J connectivity index is 2.50. The normalized spacial score (nSPS) is 12.4. The predicted molar refractivity (Wildman–Crippen MR) is 99.0 cm³/mol. The van der Waals surface area contributed by atoms with E-state index in [9.17, 15) is 0 Å². The Morgan fingerprint density at radius 1 is 0.955 bits per heavy atom. The lowest BCUT2D eigenvalue weighted by molar-refractivity contribution is 1.39. The molecular weight excluding hydrogens is 264 g/mol. The maximum absolute atomic E-state index is 3.90. The zero-order valence-electron chi connectivity index (χ0n) is 14.0. The molecule has 2 rings (SSSR count). The number of hydrogen-bond donors (Lipinski definition) is 0. The molecule has 0 aromatic heterocycles. The van der Waals surface area contributed by atoms with Gasteiger partial charge in [0.05, 0.1) is 0 Å². The molecule has 0 saturated heterocycles. The van der Waals surface area contributed by atoms with E-state index in [-0.39, 0.29) is 0 Å². The minimum absolute atomic E-state index is 1.20. The van der Waals surface area contributed by atoms with Gasteiger partial charge < -0.3 is 0 Å². The first-order valence-corrected chi connectivity index (χ1v) is 7.71. The molecule has 0 radical (unpaired) electrons. The van der Waals surface area contributed by atoms with Crippen LogP contribution >= 0.6 is 0 Å². The molecule has 0 heterocycles. The lowest BCUT2D eigenvalue weighted by Crippen LogP contribution is -1.91. The second-order valence-electron chi connectivity index (χ2n) is 5.70. The predicted octanol–water partition coefficient (Wildman–Crippen LogP) is 6.51. The van der Waals surface area contributed by atoms with Crippen LogP contribution in [-0.4, -0.2) is 0 Å². The molecule has 0 aliphatic heterocycles. The van der Waals surface area contributed by atoms with Crippen LogP contribution in [-0.2, 0) is 0 Å². The first-order valence-electron chi connectivity index (χ1n) is 7.71. The Bertz CT molecular complexity index is 725. The van der Waals surface area contributed by atoms with Gasteiger partial charge in [0.15, 0.2) is 0 Å². The van der Waals surface area contributed by atoms with Crippen molar-refractivity contribution in [3.63, 3.8) is 0 Å². The highest BCUT2D eigenvalue weighted by Gasteiger charge is 2.07. The van der Waals surface area contributed by atoms with Gasteiger partial charge in [-0.1, -0.05) is 72.8 Å². The van der Waals surface area contributed by atoms with E-state index in [0.29, 0.717) is 0 Å². The van der Waals surface area contributed by atoms with E-state index in [0.717, 1.165) is 0 Å². The van der Waals surface area contributed by atoms with Gasteiger partial charge >= 0.3 is 0 Å². The quantitative estimate of drug-likeness (QED) is 0.563. The zero-order valence-corrected chi connectivity index (χ0v) is 14.0.